The normalized spacial score (nSPS) is 14.8. The third kappa shape index (κ3) is 3.85. The van der Waals surface area contributed by atoms with Crippen LogP contribution in [0.1, 0.15) is 24.1 Å². The molecule has 1 heterocycles. The van der Waals surface area contributed by atoms with E-state index < -0.39 is 0 Å². The summed E-state index contributed by atoms with van der Waals surface area (Å²) in [6.07, 6.45) is 6.71. The zero-order valence-electron chi connectivity index (χ0n) is 11.4. The van der Waals surface area contributed by atoms with Gasteiger partial charge >= 0.3 is 0 Å². The maximum absolute atomic E-state index is 4.59. The summed E-state index contributed by atoms with van der Waals surface area (Å²) in [6, 6.07) is 0.730. The molecule has 4 nitrogen and oxygen atoms in total. The molecule has 1 aliphatic rings. The van der Waals surface area contributed by atoms with Crippen LogP contribution >= 0.6 is 11.8 Å². The summed E-state index contributed by atoms with van der Waals surface area (Å²) in [4.78, 5) is 11.2. The highest BCUT2D eigenvalue weighted by molar-refractivity contribution is 7.98. The van der Waals surface area contributed by atoms with Crippen molar-refractivity contribution >= 4 is 17.7 Å². The Bertz CT molecular complexity index is 393. The number of anilines is 1. The van der Waals surface area contributed by atoms with Gasteiger partial charge in [-0.3, -0.25) is 0 Å². The summed E-state index contributed by atoms with van der Waals surface area (Å²) >= 11 is 1.84. The topological polar surface area (TPSA) is 41.1 Å². The van der Waals surface area contributed by atoms with Crippen LogP contribution in [-0.2, 0) is 6.54 Å². The van der Waals surface area contributed by atoms with E-state index in [0.29, 0.717) is 0 Å². The van der Waals surface area contributed by atoms with Gasteiger partial charge in [-0.2, -0.15) is 11.8 Å². The third-order valence-electron chi connectivity index (χ3n) is 3.20. The SMILES string of the molecule is CSCCN(C)c1ncc(CNC2CC2)c(C)n1. The number of thioether (sulfide) groups is 1. The van der Waals surface area contributed by atoms with Gasteiger partial charge in [0.2, 0.25) is 5.95 Å². The fourth-order valence-corrected chi connectivity index (χ4v) is 2.16. The lowest BCUT2D eigenvalue weighted by Crippen LogP contribution is -2.23. The van der Waals surface area contributed by atoms with Crippen LogP contribution in [0.25, 0.3) is 0 Å². The molecule has 0 bridgehead atoms. The molecule has 0 atom stereocenters. The quantitative estimate of drug-likeness (QED) is 0.815. The van der Waals surface area contributed by atoms with Gasteiger partial charge in [-0.1, -0.05) is 0 Å². The molecule has 100 valence electrons. The molecule has 1 aromatic heterocycles. The maximum Gasteiger partial charge on any atom is 0.225 e. The second kappa shape index (κ2) is 6.38. The van der Waals surface area contributed by atoms with Gasteiger partial charge in [0, 0.05) is 49.4 Å². The van der Waals surface area contributed by atoms with Crippen LogP contribution in [0.4, 0.5) is 5.95 Å². The molecule has 5 heteroatoms. The summed E-state index contributed by atoms with van der Waals surface area (Å²) in [7, 11) is 2.05. The molecule has 0 aliphatic heterocycles. The summed E-state index contributed by atoms with van der Waals surface area (Å²) in [5.74, 6) is 1.93. The third-order valence-corrected chi connectivity index (χ3v) is 3.79. The highest BCUT2D eigenvalue weighted by Crippen LogP contribution is 2.19. The van der Waals surface area contributed by atoms with Gasteiger partial charge in [-0.05, 0) is 26.0 Å². The Kier molecular flexibility index (Phi) is 4.83. The van der Waals surface area contributed by atoms with Crippen LogP contribution in [0.15, 0.2) is 6.20 Å². The minimum Gasteiger partial charge on any atom is -0.343 e. The molecule has 0 amide bonds. The summed E-state index contributed by atoms with van der Waals surface area (Å²) in [5, 5.41) is 3.50. The second-order valence-electron chi connectivity index (χ2n) is 4.85. The van der Waals surface area contributed by atoms with E-state index in [1.807, 2.05) is 25.0 Å². The van der Waals surface area contributed by atoms with Crippen molar-refractivity contribution in [3.8, 4) is 0 Å². The number of hydrogen-bond donors (Lipinski definition) is 1. The van der Waals surface area contributed by atoms with Gasteiger partial charge < -0.3 is 10.2 Å². The molecule has 1 N–H and O–H groups in total. The number of aromatic nitrogens is 2. The first-order chi connectivity index (χ1) is 8.70. The van der Waals surface area contributed by atoms with Crippen molar-refractivity contribution in [1.29, 1.82) is 0 Å². The molecule has 0 saturated heterocycles. The Balaban J connectivity index is 1.94. The minimum absolute atomic E-state index is 0.730. The van der Waals surface area contributed by atoms with E-state index in [1.54, 1.807) is 0 Å². The van der Waals surface area contributed by atoms with Crippen LogP contribution in [0.2, 0.25) is 0 Å². The summed E-state index contributed by atoms with van der Waals surface area (Å²) in [6.45, 7) is 3.95. The van der Waals surface area contributed by atoms with Crippen molar-refractivity contribution in [2.45, 2.75) is 32.4 Å². The Hall–Kier alpha value is -0.810. The average Bonchev–Trinajstić information content (AvgIpc) is 3.18. The number of aryl methyl sites for hydroxylation is 1. The largest absolute Gasteiger partial charge is 0.343 e. The predicted molar refractivity (Wildman–Crippen MR) is 78.3 cm³/mol. The van der Waals surface area contributed by atoms with E-state index in [2.05, 4.69) is 33.4 Å². The standard InChI is InChI=1S/C13H22N4S/c1-10-11(8-14-12-4-5-12)9-15-13(16-10)17(2)6-7-18-3/h9,12,14H,4-8H2,1-3H3. The van der Waals surface area contributed by atoms with E-state index in [9.17, 15) is 0 Å². The van der Waals surface area contributed by atoms with E-state index in [4.69, 9.17) is 0 Å². The van der Waals surface area contributed by atoms with E-state index >= 15 is 0 Å². The Morgan fingerprint density at radius 2 is 2.28 bits per heavy atom. The van der Waals surface area contributed by atoms with Crippen LogP contribution in [0.5, 0.6) is 0 Å². The smallest absolute Gasteiger partial charge is 0.225 e. The number of rotatable bonds is 7. The van der Waals surface area contributed by atoms with Crippen LogP contribution < -0.4 is 10.2 Å². The van der Waals surface area contributed by atoms with Gasteiger partial charge in [0.15, 0.2) is 0 Å². The van der Waals surface area contributed by atoms with E-state index in [0.717, 1.165) is 36.5 Å². The Morgan fingerprint density at radius 3 is 2.89 bits per heavy atom. The minimum atomic E-state index is 0.730. The van der Waals surface area contributed by atoms with Crippen molar-refractivity contribution in [3.05, 3.63) is 17.5 Å². The first-order valence-electron chi connectivity index (χ1n) is 6.46. The van der Waals surface area contributed by atoms with E-state index in [1.165, 1.54) is 18.4 Å². The van der Waals surface area contributed by atoms with Crippen molar-refractivity contribution in [2.24, 2.45) is 0 Å². The highest BCUT2D eigenvalue weighted by atomic mass is 32.2. The lowest BCUT2D eigenvalue weighted by atomic mass is 10.2. The Labute approximate surface area is 114 Å². The number of nitrogens with one attached hydrogen (secondary N) is 1. The molecular weight excluding hydrogens is 244 g/mol. The lowest BCUT2D eigenvalue weighted by molar-refractivity contribution is 0.678. The average molecular weight is 266 g/mol. The van der Waals surface area contributed by atoms with Gasteiger partial charge in [0.05, 0.1) is 0 Å². The highest BCUT2D eigenvalue weighted by Gasteiger charge is 2.20. The predicted octanol–water partition coefficient (Wildman–Crippen LogP) is 1.84. The monoisotopic (exact) mass is 266 g/mol. The Morgan fingerprint density at radius 1 is 1.50 bits per heavy atom. The fraction of sp³-hybridized carbons (Fsp3) is 0.692. The summed E-state index contributed by atoms with van der Waals surface area (Å²) in [5.41, 5.74) is 2.30. The van der Waals surface area contributed by atoms with Crippen LogP contribution in [0, 0.1) is 6.92 Å². The lowest BCUT2D eigenvalue weighted by Gasteiger charge is -2.17. The van der Waals surface area contributed by atoms with Crippen molar-refractivity contribution in [3.63, 3.8) is 0 Å². The second-order valence-corrected chi connectivity index (χ2v) is 5.84. The van der Waals surface area contributed by atoms with Crippen molar-refractivity contribution < 1.29 is 0 Å². The molecular formula is C13H22N4S. The summed E-state index contributed by atoms with van der Waals surface area (Å²) < 4.78 is 0. The van der Waals surface area contributed by atoms with Gasteiger partial charge in [0.25, 0.3) is 0 Å². The first-order valence-corrected chi connectivity index (χ1v) is 7.86. The van der Waals surface area contributed by atoms with Gasteiger partial charge in [-0.15, -0.1) is 0 Å². The van der Waals surface area contributed by atoms with Crippen molar-refractivity contribution in [2.75, 3.05) is 30.5 Å². The van der Waals surface area contributed by atoms with Crippen LogP contribution in [-0.4, -0.2) is 41.6 Å². The van der Waals surface area contributed by atoms with Crippen LogP contribution in [0.3, 0.4) is 0 Å². The zero-order chi connectivity index (χ0) is 13.0. The van der Waals surface area contributed by atoms with Gasteiger partial charge in [0.1, 0.15) is 0 Å². The molecule has 1 saturated carbocycles. The zero-order valence-corrected chi connectivity index (χ0v) is 12.3. The molecule has 1 fully saturated rings. The fourth-order valence-electron chi connectivity index (χ4n) is 1.71. The van der Waals surface area contributed by atoms with Gasteiger partial charge in [-0.25, -0.2) is 9.97 Å². The van der Waals surface area contributed by atoms with Crippen molar-refractivity contribution in [1.82, 2.24) is 15.3 Å². The molecule has 0 unspecified atom stereocenters. The molecule has 1 aromatic rings. The maximum atomic E-state index is 4.59. The molecule has 18 heavy (non-hydrogen) atoms. The number of hydrogen-bond acceptors (Lipinski definition) is 5. The molecule has 0 aromatic carbocycles. The van der Waals surface area contributed by atoms with E-state index in [-0.39, 0.29) is 0 Å². The molecule has 2 rings (SSSR count). The molecule has 1 aliphatic carbocycles. The number of nitrogens with zero attached hydrogens (tertiary/aromatic N) is 3. The molecule has 0 spiro atoms. The first kappa shape index (κ1) is 13.6. The molecule has 0 radical (unpaired) electrons.